The summed E-state index contributed by atoms with van der Waals surface area (Å²) in [5.41, 5.74) is 4.32. The largest absolute Gasteiger partial charge is 0.348 e. The standard InChI is InChI=1S/C24H28N4/c1-16-8-11-22-20(14-16)21(15-25)23(28(22)19-6-3-4-7-19)24-26-12-5-13-27(24)17(2)18-9-10-18/h5,8,11-14,17-19,24H,3-4,6-7,9-10H2,1-2H3/t17-,24?/m0/s1. The van der Waals surface area contributed by atoms with Gasteiger partial charge in [-0.3, -0.25) is 4.99 Å². The second-order valence-electron chi connectivity index (χ2n) is 8.74. The number of nitriles is 1. The number of nitrogens with zero attached hydrogens (tertiary/aromatic N) is 4. The first-order chi connectivity index (χ1) is 13.7. The average molecular weight is 373 g/mol. The highest BCUT2D eigenvalue weighted by Gasteiger charge is 2.38. The van der Waals surface area contributed by atoms with Crippen LogP contribution in [0.1, 0.15) is 74.5 Å². The zero-order valence-electron chi connectivity index (χ0n) is 16.8. The smallest absolute Gasteiger partial charge is 0.163 e. The number of hydrogen-bond donors (Lipinski definition) is 0. The average Bonchev–Trinajstić information content (AvgIpc) is 3.33. The van der Waals surface area contributed by atoms with Crippen molar-refractivity contribution in [3.8, 4) is 6.07 Å². The molecule has 144 valence electrons. The van der Waals surface area contributed by atoms with E-state index in [0.29, 0.717) is 12.1 Å². The van der Waals surface area contributed by atoms with Crippen LogP contribution in [0.3, 0.4) is 0 Å². The number of hydrogen-bond acceptors (Lipinski definition) is 3. The fourth-order valence-electron chi connectivity index (χ4n) is 5.20. The predicted octanol–water partition coefficient (Wildman–Crippen LogP) is 5.63. The fourth-order valence-corrected chi connectivity index (χ4v) is 5.20. The van der Waals surface area contributed by atoms with Crippen molar-refractivity contribution in [1.82, 2.24) is 9.47 Å². The van der Waals surface area contributed by atoms with Crippen molar-refractivity contribution in [1.29, 1.82) is 5.26 Å². The Morgan fingerprint density at radius 1 is 1.18 bits per heavy atom. The van der Waals surface area contributed by atoms with Crippen molar-refractivity contribution in [3.05, 3.63) is 47.3 Å². The molecular formula is C24H28N4. The van der Waals surface area contributed by atoms with Gasteiger partial charge in [-0.2, -0.15) is 5.26 Å². The van der Waals surface area contributed by atoms with Gasteiger partial charge in [0, 0.05) is 35.4 Å². The molecule has 1 aromatic heterocycles. The van der Waals surface area contributed by atoms with E-state index in [9.17, 15) is 5.26 Å². The second kappa shape index (κ2) is 6.81. The van der Waals surface area contributed by atoms with Crippen LogP contribution in [0.5, 0.6) is 0 Å². The summed E-state index contributed by atoms with van der Waals surface area (Å²) in [4.78, 5) is 7.31. The molecular weight excluding hydrogens is 344 g/mol. The van der Waals surface area contributed by atoms with Crippen LogP contribution in [0.25, 0.3) is 10.9 Å². The summed E-state index contributed by atoms with van der Waals surface area (Å²) >= 11 is 0. The van der Waals surface area contributed by atoms with Crippen molar-refractivity contribution in [3.63, 3.8) is 0 Å². The molecule has 0 radical (unpaired) electrons. The lowest BCUT2D eigenvalue weighted by Crippen LogP contribution is -2.35. The lowest BCUT2D eigenvalue weighted by molar-refractivity contribution is 0.192. The number of rotatable bonds is 4. The van der Waals surface area contributed by atoms with E-state index in [1.807, 2.05) is 12.3 Å². The van der Waals surface area contributed by atoms with Crippen molar-refractivity contribution < 1.29 is 0 Å². The van der Waals surface area contributed by atoms with Crippen molar-refractivity contribution in [2.75, 3.05) is 0 Å². The number of benzene rings is 1. The van der Waals surface area contributed by atoms with Gasteiger partial charge >= 0.3 is 0 Å². The molecule has 2 fully saturated rings. The summed E-state index contributed by atoms with van der Waals surface area (Å²) in [6.07, 6.45) is 13.6. The number of aliphatic imine (C=N–C) groups is 1. The molecule has 2 aliphatic carbocycles. The van der Waals surface area contributed by atoms with E-state index in [1.165, 1.54) is 49.6 Å². The molecule has 0 amide bonds. The Morgan fingerprint density at radius 2 is 1.96 bits per heavy atom. The normalized spacial score (nSPS) is 23.5. The number of allylic oxidation sites excluding steroid dienone is 1. The van der Waals surface area contributed by atoms with E-state index in [-0.39, 0.29) is 6.17 Å². The van der Waals surface area contributed by atoms with E-state index in [2.05, 4.69) is 53.8 Å². The highest BCUT2D eigenvalue weighted by atomic mass is 15.3. The Kier molecular flexibility index (Phi) is 4.27. The van der Waals surface area contributed by atoms with Crippen LogP contribution in [0.2, 0.25) is 0 Å². The number of aryl methyl sites for hydroxylation is 1. The Morgan fingerprint density at radius 3 is 2.68 bits per heavy atom. The van der Waals surface area contributed by atoms with Gasteiger partial charge in [-0.25, -0.2) is 0 Å². The maximum Gasteiger partial charge on any atom is 0.163 e. The maximum atomic E-state index is 10.2. The molecule has 28 heavy (non-hydrogen) atoms. The summed E-state index contributed by atoms with van der Waals surface area (Å²) in [5.74, 6) is 0.748. The third kappa shape index (κ3) is 2.76. The van der Waals surface area contributed by atoms with Gasteiger partial charge in [0.05, 0.1) is 11.3 Å². The summed E-state index contributed by atoms with van der Waals surface area (Å²) < 4.78 is 2.48. The second-order valence-corrected chi connectivity index (χ2v) is 8.74. The van der Waals surface area contributed by atoms with Gasteiger partial charge in [-0.1, -0.05) is 24.5 Å². The lowest BCUT2D eigenvalue weighted by Gasteiger charge is -2.36. The molecule has 2 saturated carbocycles. The van der Waals surface area contributed by atoms with E-state index in [1.54, 1.807) is 0 Å². The maximum absolute atomic E-state index is 10.2. The van der Waals surface area contributed by atoms with Crippen LogP contribution in [-0.4, -0.2) is 21.7 Å². The SMILES string of the molecule is Cc1ccc2c(c1)c(C#N)c(C1N=CC=CN1[C@@H](C)C1CC1)n2C1CCCC1. The first-order valence-electron chi connectivity index (χ1n) is 10.7. The fraction of sp³-hybridized carbons (Fsp3) is 0.500. The van der Waals surface area contributed by atoms with Crippen LogP contribution >= 0.6 is 0 Å². The van der Waals surface area contributed by atoms with Crippen molar-refractivity contribution in [2.24, 2.45) is 10.9 Å². The Bertz CT molecular complexity index is 996. The summed E-state index contributed by atoms with van der Waals surface area (Å²) in [7, 11) is 0. The first kappa shape index (κ1) is 17.6. The zero-order chi connectivity index (χ0) is 19.3. The van der Waals surface area contributed by atoms with Gasteiger partial charge in [0.25, 0.3) is 0 Å². The van der Waals surface area contributed by atoms with Crippen LogP contribution in [0.15, 0.2) is 35.5 Å². The molecule has 0 bridgehead atoms. The number of aromatic nitrogens is 1. The lowest BCUT2D eigenvalue weighted by atomic mass is 10.1. The Balaban J connectivity index is 1.73. The van der Waals surface area contributed by atoms with Gasteiger partial charge < -0.3 is 9.47 Å². The molecule has 2 aromatic rings. The Hall–Kier alpha value is -2.54. The van der Waals surface area contributed by atoms with Crippen molar-refractivity contribution in [2.45, 2.75) is 70.6 Å². The molecule has 1 aliphatic heterocycles. The molecule has 1 aromatic carbocycles. The molecule has 2 heterocycles. The van der Waals surface area contributed by atoms with E-state index < -0.39 is 0 Å². The minimum atomic E-state index is -0.108. The summed E-state index contributed by atoms with van der Waals surface area (Å²) in [6.45, 7) is 4.42. The van der Waals surface area contributed by atoms with Crippen LogP contribution in [0, 0.1) is 24.2 Å². The molecule has 4 nitrogen and oxygen atoms in total. The van der Waals surface area contributed by atoms with E-state index in [0.717, 1.165) is 22.6 Å². The van der Waals surface area contributed by atoms with Gasteiger partial charge in [-0.05, 0) is 63.7 Å². The molecule has 2 atom stereocenters. The first-order valence-corrected chi connectivity index (χ1v) is 10.7. The van der Waals surface area contributed by atoms with Gasteiger partial charge in [-0.15, -0.1) is 0 Å². The monoisotopic (exact) mass is 372 g/mol. The Labute approximate surface area is 167 Å². The zero-order valence-corrected chi connectivity index (χ0v) is 16.8. The molecule has 0 N–H and O–H groups in total. The highest BCUT2D eigenvalue weighted by Crippen LogP contribution is 2.44. The van der Waals surface area contributed by atoms with Gasteiger partial charge in [0.2, 0.25) is 0 Å². The van der Waals surface area contributed by atoms with Gasteiger partial charge in [0.1, 0.15) is 6.07 Å². The van der Waals surface area contributed by atoms with Crippen LogP contribution < -0.4 is 0 Å². The number of fused-ring (bicyclic) bond motifs is 1. The topological polar surface area (TPSA) is 44.3 Å². The van der Waals surface area contributed by atoms with Crippen LogP contribution in [-0.2, 0) is 0 Å². The molecule has 0 saturated heterocycles. The molecule has 5 rings (SSSR count). The molecule has 4 heteroatoms. The van der Waals surface area contributed by atoms with E-state index in [4.69, 9.17) is 4.99 Å². The predicted molar refractivity (Wildman–Crippen MR) is 113 cm³/mol. The van der Waals surface area contributed by atoms with E-state index >= 15 is 0 Å². The summed E-state index contributed by atoms with van der Waals surface area (Å²) in [6, 6.07) is 10.1. The molecule has 3 aliphatic rings. The minimum absolute atomic E-state index is 0.108. The van der Waals surface area contributed by atoms with Crippen molar-refractivity contribution >= 4 is 17.1 Å². The third-order valence-electron chi connectivity index (χ3n) is 6.87. The minimum Gasteiger partial charge on any atom is -0.348 e. The summed E-state index contributed by atoms with van der Waals surface area (Å²) in [5, 5.41) is 11.3. The molecule has 0 spiro atoms. The third-order valence-corrected chi connectivity index (χ3v) is 6.87. The van der Waals surface area contributed by atoms with Gasteiger partial charge in [0.15, 0.2) is 6.17 Å². The highest BCUT2D eigenvalue weighted by molar-refractivity contribution is 5.89. The van der Waals surface area contributed by atoms with Crippen LogP contribution in [0.4, 0.5) is 0 Å². The molecule has 1 unspecified atom stereocenters. The quantitative estimate of drug-likeness (QED) is 0.698.